The number of esters is 1. The molecule has 1 fully saturated rings. The Bertz CT molecular complexity index is 1740. The quantitative estimate of drug-likeness (QED) is 0.0609. The number of likely N-dealkylation sites (tertiary alicyclic amines) is 1. The molecule has 5 unspecified atom stereocenters. The number of benzene rings is 1. The highest BCUT2D eigenvalue weighted by atomic mass is 32.1. The van der Waals surface area contributed by atoms with Crippen molar-refractivity contribution in [2.45, 2.75) is 156 Å². The first-order valence-electron chi connectivity index (χ1n) is 21.8. The van der Waals surface area contributed by atoms with Crippen LogP contribution in [0.4, 0.5) is 10.1 Å². The largest absolute Gasteiger partial charge is 0.481 e. The predicted molar refractivity (Wildman–Crippen MR) is 234 cm³/mol. The Morgan fingerprint density at radius 2 is 1.80 bits per heavy atom. The number of aromatic nitrogens is 1. The number of anilines is 1. The molecule has 1 aliphatic rings. The van der Waals surface area contributed by atoms with E-state index >= 15 is 0 Å². The van der Waals surface area contributed by atoms with Gasteiger partial charge in [-0.05, 0) is 89.1 Å². The zero-order valence-electron chi connectivity index (χ0n) is 37.6. The van der Waals surface area contributed by atoms with E-state index in [1.165, 1.54) is 13.0 Å². The molecule has 2 aromatic rings. The van der Waals surface area contributed by atoms with E-state index in [1.54, 1.807) is 38.4 Å². The topological polar surface area (TPSA) is 170 Å². The number of halogens is 1. The van der Waals surface area contributed by atoms with Gasteiger partial charge in [-0.15, -0.1) is 11.3 Å². The highest BCUT2D eigenvalue weighted by Gasteiger charge is 2.39. The van der Waals surface area contributed by atoms with Crippen LogP contribution in [0.25, 0.3) is 0 Å². The number of unbranched alkanes of at least 4 members (excludes halogenated alkanes) is 3. The Morgan fingerprint density at radius 1 is 1.08 bits per heavy atom. The molecule has 0 radical (unpaired) electrons. The van der Waals surface area contributed by atoms with Crippen LogP contribution in [-0.2, 0) is 30.3 Å². The minimum absolute atomic E-state index is 0.0705. The Kier molecular flexibility index (Phi) is 19.9. The van der Waals surface area contributed by atoms with Gasteiger partial charge >= 0.3 is 11.9 Å². The second kappa shape index (κ2) is 23.8. The molecule has 0 bridgehead atoms. The fraction of sp³-hybridized carbons (Fsp3) is 0.689. The van der Waals surface area contributed by atoms with Gasteiger partial charge in [0.25, 0.3) is 5.91 Å². The summed E-state index contributed by atoms with van der Waals surface area (Å²) < 4.78 is 20.2. The van der Waals surface area contributed by atoms with E-state index in [0.29, 0.717) is 23.5 Å². The number of nitrogens with zero attached hydrogens (tertiary/aromatic N) is 3. The molecule has 1 aromatic carbocycles. The number of ether oxygens (including phenoxy) is 1. The normalized spacial score (nSPS) is 17.2. The maximum atomic E-state index is 14.9. The molecular weight excluding hydrogens is 788 g/mol. The zero-order chi connectivity index (χ0) is 44.7. The van der Waals surface area contributed by atoms with E-state index in [-0.39, 0.29) is 60.3 Å². The van der Waals surface area contributed by atoms with E-state index in [4.69, 9.17) is 4.74 Å². The van der Waals surface area contributed by atoms with Gasteiger partial charge in [0.1, 0.15) is 22.6 Å². The van der Waals surface area contributed by atoms with E-state index in [0.717, 1.165) is 62.8 Å². The minimum Gasteiger partial charge on any atom is -0.481 e. The number of carbonyl (C=O) groups is 5. The Hall–Kier alpha value is -4.11. The van der Waals surface area contributed by atoms with Crippen molar-refractivity contribution in [3.8, 4) is 0 Å². The summed E-state index contributed by atoms with van der Waals surface area (Å²) in [5, 5.41) is 20.8. The van der Waals surface area contributed by atoms with Crippen LogP contribution in [0, 0.1) is 23.1 Å². The molecule has 0 spiro atoms. The highest BCUT2D eigenvalue weighted by Crippen LogP contribution is 2.33. The summed E-state index contributed by atoms with van der Waals surface area (Å²) in [6.07, 6.45) is 6.80. The number of carbonyl (C=O) groups excluding carboxylic acids is 4. The number of likely N-dealkylation sites (N-methyl/N-ethyl adjacent to an activating group) is 1. The molecule has 0 aliphatic carbocycles. The van der Waals surface area contributed by atoms with E-state index < -0.39 is 53.3 Å². The lowest BCUT2D eigenvalue weighted by Crippen LogP contribution is -2.59. The molecule has 6 atom stereocenters. The Morgan fingerprint density at radius 3 is 2.40 bits per heavy atom. The summed E-state index contributed by atoms with van der Waals surface area (Å²) in [7, 11) is 3.55. The lowest BCUT2D eigenvalue weighted by atomic mass is 9.84. The maximum Gasteiger partial charge on any atom is 0.309 e. The summed E-state index contributed by atoms with van der Waals surface area (Å²) in [6.45, 7) is 15.9. The first-order valence-corrected chi connectivity index (χ1v) is 22.6. The summed E-state index contributed by atoms with van der Waals surface area (Å²) in [5.74, 6) is -3.04. The number of carboxylic acids is 1. The number of thiazole rings is 1. The molecule has 13 nitrogen and oxygen atoms in total. The van der Waals surface area contributed by atoms with Crippen LogP contribution in [0.2, 0.25) is 0 Å². The maximum absolute atomic E-state index is 14.9. The third-order valence-corrected chi connectivity index (χ3v) is 12.7. The average molecular weight is 859 g/mol. The fourth-order valence-corrected chi connectivity index (χ4v) is 8.74. The highest BCUT2D eigenvalue weighted by molar-refractivity contribution is 7.09. The van der Waals surface area contributed by atoms with Crippen LogP contribution in [-0.4, -0.2) is 101 Å². The van der Waals surface area contributed by atoms with Gasteiger partial charge in [-0.2, -0.15) is 0 Å². The number of nitrogens with one attached hydrogen (secondary N) is 3. The number of piperidine rings is 1. The lowest BCUT2D eigenvalue weighted by molar-refractivity contribution is -0.150. The Labute approximate surface area is 361 Å². The van der Waals surface area contributed by atoms with Crippen molar-refractivity contribution in [1.29, 1.82) is 0 Å². The minimum atomic E-state index is -1.19. The molecule has 3 amide bonds. The summed E-state index contributed by atoms with van der Waals surface area (Å²) >= 11 is 1.16. The van der Waals surface area contributed by atoms with Crippen molar-refractivity contribution in [3.63, 3.8) is 0 Å². The van der Waals surface area contributed by atoms with Crippen LogP contribution in [0.1, 0.15) is 147 Å². The van der Waals surface area contributed by atoms with Crippen molar-refractivity contribution >= 4 is 46.7 Å². The molecule has 0 saturated carbocycles. The van der Waals surface area contributed by atoms with E-state index in [2.05, 4.69) is 32.8 Å². The standard InChI is InChI=1S/C45H71FN6O7S/c1-11-13-14-16-22-52(43(56)39(29(5)12-2)50-41(55)36-18-15-17-21-51(36)10)37(28(3)4)25-38(59-30(6)53)42-49-35(27-60-42)40(54)48-32(26-45(7,8)44(57)58)23-31-19-20-33(46)34(24-31)47-9/h19-20,24,27-29,32,36-39,47H,11-18,21-23,25-26H2,1-10H3,(H,48,54)(H,50,55)(H,57,58)/t29?,32?,36-,37?,38?,39?/m1/s1. The van der Waals surface area contributed by atoms with Gasteiger partial charge in [-0.3, -0.25) is 28.9 Å². The average Bonchev–Trinajstić information content (AvgIpc) is 3.69. The SMILES string of the molecule is CCCCCCN(C(=O)C(NC(=O)[C@H]1CCCCN1C)C(C)CC)C(CC(OC(C)=O)c1nc(C(=O)NC(Cc2ccc(F)c(NC)c2)CC(C)(C)C(=O)O)cs1)C(C)C. The molecule has 1 saturated heterocycles. The van der Waals surface area contributed by atoms with Crippen LogP contribution in [0.5, 0.6) is 0 Å². The molecule has 1 aliphatic heterocycles. The fourth-order valence-electron chi connectivity index (χ4n) is 7.90. The second-order valence-electron chi connectivity index (χ2n) is 17.5. The monoisotopic (exact) mass is 859 g/mol. The summed E-state index contributed by atoms with van der Waals surface area (Å²) in [6, 6.07) is 2.46. The van der Waals surface area contributed by atoms with Gasteiger partial charge in [0.05, 0.1) is 17.1 Å². The van der Waals surface area contributed by atoms with Crippen LogP contribution < -0.4 is 16.0 Å². The van der Waals surface area contributed by atoms with Gasteiger partial charge in [0.15, 0.2) is 6.10 Å². The van der Waals surface area contributed by atoms with Crippen LogP contribution in [0.15, 0.2) is 23.6 Å². The molecule has 336 valence electrons. The van der Waals surface area contributed by atoms with E-state index in [9.17, 15) is 33.5 Å². The molecule has 1 aromatic heterocycles. The first kappa shape index (κ1) is 50.2. The molecule has 15 heteroatoms. The van der Waals surface area contributed by atoms with Gasteiger partial charge in [-0.25, -0.2) is 9.37 Å². The van der Waals surface area contributed by atoms with Crippen molar-refractivity contribution in [1.82, 2.24) is 25.4 Å². The lowest BCUT2D eigenvalue weighted by Gasteiger charge is -2.40. The van der Waals surface area contributed by atoms with Gasteiger partial charge < -0.3 is 30.7 Å². The zero-order valence-corrected chi connectivity index (χ0v) is 38.4. The molecule has 2 heterocycles. The van der Waals surface area contributed by atoms with Crippen LogP contribution >= 0.6 is 11.3 Å². The Balaban J connectivity index is 1.95. The van der Waals surface area contributed by atoms with Crippen molar-refractivity contribution in [2.24, 2.45) is 17.3 Å². The van der Waals surface area contributed by atoms with Gasteiger partial charge in [0, 0.05) is 44.4 Å². The number of hydrogen-bond donors (Lipinski definition) is 4. The predicted octanol–water partition coefficient (Wildman–Crippen LogP) is 7.61. The molecular formula is C45H71FN6O7S. The van der Waals surface area contributed by atoms with Crippen molar-refractivity contribution < 1.29 is 38.2 Å². The summed E-state index contributed by atoms with van der Waals surface area (Å²) in [5.41, 5.74) is -0.136. The van der Waals surface area contributed by atoms with Crippen LogP contribution in [0.3, 0.4) is 0 Å². The number of carboxylic acid groups (broad SMARTS) is 1. The number of hydrogen-bond acceptors (Lipinski definition) is 10. The second-order valence-corrected chi connectivity index (χ2v) is 18.4. The molecule has 60 heavy (non-hydrogen) atoms. The number of aliphatic carboxylic acids is 1. The number of amides is 3. The summed E-state index contributed by atoms with van der Waals surface area (Å²) in [4.78, 5) is 75.8. The number of rotatable bonds is 24. The third kappa shape index (κ3) is 14.5. The van der Waals surface area contributed by atoms with Crippen molar-refractivity contribution in [2.75, 3.05) is 32.5 Å². The molecule has 4 N–H and O–H groups in total. The third-order valence-electron chi connectivity index (χ3n) is 11.8. The first-order chi connectivity index (χ1) is 28.3. The van der Waals surface area contributed by atoms with Gasteiger partial charge in [0.2, 0.25) is 11.8 Å². The molecule has 3 rings (SSSR count). The smallest absolute Gasteiger partial charge is 0.309 e. The van der Waals surface area contributed by atoms with Crippen molar-refractivity contribution in [3.05, 3.63) is 45.7 Å². The van der Waals surface area contributed by atoms with E-state index in [1.807, 2.05) is 39.6 Å². The van der Waals surface area contributed by atoms with Gasteiger partial charge in [-0.1, -0.05) is 72.8 Å².